The molecule has 0 spiro atoms. The van der Waals surface area contributed by atoms with E-state index in [1.54, 1.807) is 21.7 Å². The molecule has 186 valence electrons. The number of hydrogen-bond acceptors (Lipinski definition) is 5. The van der Waals surface area contributed by atoms with E-state index in [0.29, 0.717) is 47.9 Å². The highest BCUT2D eigenvalue weighted by Crippen LogP contribution is 2.51. The Labute approximate surface area is 209 Å². The average Bonchev–Trinajstić information content (AvgIpc) is 3.39. The number of ether oxygens (including phenoxy) is 2. The molecule has 5 heterocycles. The number of aryl methyl sites for hydroxylation is 1. The Morgan fingerprint density at radius 3 is 2.81 bits per heavy atom. The number of anilines is 1. The van der Waals surface area contributed by atoms with E-state index in [9.17, 15) is 9.59 Å². The van der Waals surface area contributed by atoms with Gasteiger partial charge in [-0.05, 0) is 63.1 Å². The Bertz CT molecular complexity index is 1400. The van der Waals surface area contributed by atoms with E-state index in [1.807, 2.05) is 36.2 Å². The SMILES string of the molecule is Cc1c(C(=O)N2CC3CC2(C)C3)cn2nccc(Oc3ccc4c(c3)OCCN4C(=O)NC3CC3)c12. The quantitative estimate of drug-likeness (QED) is 0.598. The van der Waals surface area contributed by atoms with Gasteiger partial charge in [0.1, 0.15) is 23.6 Å². The summed E-state index contributed by atoms with van der Waals surface area (Å²) in [5, 5.41) is 7.48. The van der Waals surface area contributed by atoms with E-state index in [4.69, 9.17) is 9.47 Å². The Hall–Kier alpha value is -3.75. The number of carbonyl (C=O) groups is 2. The van der Waals surface area contributed by atoms with Gasteiger partial charge in [-0.3, -0.25) is 9.69 Å². The second kappa shape index (κ2) is 7.62. The zero-order valence-electron chi connectivity index (χ0n) is 20.5. The number of nitrogens with one attached hydrogen (secondary N) is 1. The second-order valence-electron chi connectivity index (χ2n) is 10.8. The average molecular weight is 488 g/mol. The summed E-state index contributed by atoms with van der Waals surface area (Å²) in [5.74, 6) is 2.51. The Morgan fingerprint density at radius 1 is 1.22 bits per heavy atom. The van der Waals surface area contributed by atoms with Crippen molar-refractivity contribution < 1.29 is 19.1 Å². The summed E-state index contributed by atoms with van der Waals surface area (Å²) in [4.78, 5) is 29.9. The number of urea groups is 1. The zero-order valence-corrected chi connectivity index (χ0v) is 20.5. The van der Waals surface area contributed by atoms with Crippen molar-refractivity contribution in [1.29, 1.82) is 0 Å². The predicted octanol–water partition coefficient (Wildman–Crippen LogP) is 4.13. The maximum atomic E-state index is 13.5. The van der Waals surface area contributed by atoms with Gasteiger partial charge in [-0.2, -0.15) is 5.10 Å². The molecule has 3 aromatic rings. The lowest BCUT2D eigenvalue weighted by atomic mass is 9.75. The van der Waals surface area contributed by atoms with Gasteiger partial charge in [0.25, 0.3) is 5.91 Å². The highest BCUT2D eigenvalue weighted by atomic mass is 16.5. The van der Waals surface area contributed by atoms with Crippen LogP contribution in [0.4, 0.5) is 10.5 Å². The first kappa shape index (κ1) is 21.5. The minimum absolute atomic E-state index is 0.0123. The van der Waals surface area contributed by atoms with Crippen LogP contribution in [0.25, 0.3) is 5.52 Å². The van der Waals surface area contributed by atoms with E-state index in [2.05, 4.69) is 17.3 Å². The maximum absolute atomic E-state index is 13.5. The van der Waals surface area contributed by atoms with Gasteiger partial charge in [0.15, 0.2) is 5.75 Å². The van der Waals surface area contributed by atoms with Gasteiger partial charge in [-0.15, -0.1) is 0 Å². The molecule has 0 unspecified atom stereocenters. The van der Waals surface area contributed by atoms with Crippen molar-refractivity contribution in [3.05, 3.63) is 47.8 Å². The zero-order chi connectivity index (χ0) is 24.6. The van der Waals surface area contributed by atoms with Gasteiger partial charge >= 0.3 is 6.03 Å². The highest BCUT2D eigenvalue weighted by Gasteiger charge is 2.54. The van der Waals surface area contributed by atoms with Crippen molar-refractivity contribution in [3.63, 3.8) is 0 Å². The van der Waals surface area contributed by atoms with Gasteiger partial charge in [0.2, 0.25) is 0 Å². The van der Waals surface area contributed by atoms with E-state index >= 15 is 0 Å². The first-order valence-electron chi connectivity index (χ1n) is 12.7. The molecule has 8 rings (SSSR count). The molecule has 0 atom stereocenters. The van der Waals surface area contributed by atoms with Gasteiger partial charge in [0.05, 0.1) is 24.0 Å². The van der Waals surface area contributed by atoms with Gasteiger partial charge in [-0.1, -0.05) is 0 Å². The Balaban J connectivity index is 1.17. The molecule has 5 aliphatic rings. The number of nitrogens with zero attached hydrogens (tertiary/aromatic N) is 4. The molecule has 3 amide bonds. The summed E-state index contributed by atoms with van der Waals surface area (Å²) in [5.41, 5.74) is 3.01. The largest absolute Gasteiger partial charge is 0.489 e. The van der Waals surface area contributed by atoms with Crippen LogP contribution in [0, 0.1) is 12.8 Å². The third kappa shape index (κ3) is 3.32. The van der Waals surface area contributed by atoms with Crippen LogP contribution in [0.5, 0.6) is 17.2 Å². The molecule has 1 N–H and O–H groups in total. The number of amides is 3. The van der Waals surface area contributed by atoms with Crippen LogP contribution in [0.15, 0.2) is 36.7 Å². The highest BCUT2D eigenvalue weighted by molar-refractivity contribution is 5.99. The molecule has 36 heavy (non-hydrogen) atoms. The summed E-state index contributed by atoms with van der Waals surface area (Å²) in [6.07, 6.45) is 7.75. The lowest BCUT2D eigenvalue weighted by molar-refractivity contribution is 0.0610. The summed E-state index contributed by atoms with van der Waals surface area (Å²) in [7, 11) is 0. The summed E-state index contributed by atoms with van der Waals surface area (Å²) in [6, 6.07) is 7.52. The van der Waals surface area contributed by atoms with Gasteiger partial charge in [0, 0.05) is 36.5 Å². The Kier molecular flexibility index (Phi) is 4.56. The van der Waals surface area contributed by atoms with Crippen molar-refractivity contribution in [2.45, 2.75) is 51.1 Å². The lowest BCUT2D eigenvalue weighted by Crippen LogP contribution is -2.45. The molecule has 0 radical (unpaired) electrons. The molecule has 1 aromatic carbocycles. The first-order valence-corrected chi connectivity index (χ1v) is 12.7. The molecule has 9 nitrogen and oxygen atoms in total. The lowest BCUT2D eigenvalue weighted by Gasteiger charge is -2.38. The molecule has 2 bridgehead atoms. The monoisotopic (exact) mass is 487 g/mol. The number of fused-ring (bicyclic) bond motifs is 3. The van der Waals surface area contributed by atoms with Crippen LogP contribution >= 0.6 is 0 Å². The van der Waals surface area contributed by atoms with Crippen LogP contribution in [0.3, 0.4) is 0 Å². The maximum Gasteiger partial charge on any atom is 0.322 e. The van der Waals surface area contributed by atoms with Crippen molar-refractivity contribution >= 4 is 23.1 Å². The van der Waals surface area contributed by atoms with Crippen molar-refractivity contribution in [1.82, 2.24) is 19.8 Å². The third-order valence-corrected chi connectivity index (χ3v) is 8.09. The summed E-state index contributed by atoms with van der Waals surface area (Å²) < 4.78 is 13.9. The number of aromatic nitrogens is 2. The van der Waals surface area contributed by atoms with Gasteiger partial charge in [-0.25, -0.2) is 9.31 Å². The number of rotatable bonds is 4. The minimum atomic E-state index is -0.0862. The van der Waals surface area contributed by atoms with Crippen LogP contribution in [0.2, 0.25) is 0 Å². The fraction of sp³-hybridized carbons (Fsp3) is 0.444. The van der Waals surface area contributed by atoms with Crippen molar-refractivity contribution in [2.24, 2.45) is 5.92 Å². The molecule has 2 saturated carbocycles. The topological polar surface area (TPSA) is 88.4 Å². The molecular weight excluding hydrogens is 458 g/mol. The van der Waals surface area contributed by atoms with Crippen LogP contribution in [0.1, 0.15) is 48.5 Å². The molecule has 9 heteroatoms. The smallest absolute Gasteiger partial charge is 0.322 e. The fourth-order valence-corrected chi connectivity index (χ4v) is 6.09. The van der Waals surface area contributed by atoms with Crippen LogP contribution in [-0.4, -0.2) is 57.7 Å². The summed E-state index contributed by atoms with van der Waals surface area (Å²) >= 11 is 0. The molecule has 2 saturated heterocycles. The molecule has 2 aromatic heterocycles. The third-order valence-electron chi connectivity index (χ3n) is 8.09. The van der Waals surface area contributed by atoms with Crippen LogP contribution in [-0.2, 0) is 0 Å². The standard InChI is InChI=1S/C27H29N5O4/c1-16-20(25(33)31-14-17-12-27(31,2)13-17)15-32-24(16)22(7-8-28-32)36-19-5-6-21-23(11-19)35-10-9-30(21)26(34)29-18-3-4-18/h5-8,11,15,17-18H,3-4,9-10,12-14H2,1-2H3,(H,29,34). The normalized spacial score (nSPS) is 24.2. The van der Waals surface area contributed by atoms with Crippen molar-refractivity contribution in [3.8, 4) is 17.2 Å². The molecule has 2 aliphatic carbocycles. The molecule has 3 aliphatic heterocycles. The second-order valence-corrected chi connectivity index (χ2v) is 10.8. The number of hydrogen-bond donors (Lipinski definition) is 1. The van der Waals surface area contributed by atoms with E-state index in [0.717, 1.165) is 49.0 Å². The molecular formula is C27H29N5O4. The predicted molar refractivity (Wildman–Crippen MR) is 133 cm³/mol. The van der Waals surface area contributed by atoms with E-state index in [-0.39, 0.29) is 17.5 Å². The summed E-state index contributed by atoms with van der Waals surface area (Å²) in [6.45, 7) is 5.90. The van der Waals surface area contributed by atoms with Crippen molar-refractivity contribution in [2.75, 3.05) is 24.6 Å². The van der Waals surface area contributed by atoms with Crippen LogP contribution < -0.4 is 19.7 Å². The number of benzene rings is 1. The Morgan fingerprint density at radius 2 is 2.06 bits per heavy atom. The molecule has 4 fully saturated rings. The van der Waals surface area contributed by atoms with E-state index in [1.165, 1.54) is 0 Å². The number of carbonyl (C=O) groups excluding carboxylic acids is 2. The fourth-order valence-electron chi connectivity index (χ4n) is 6.09. The first-order chi connectivity index (χ1) is 17.4. The minimum Gasteiger partial charge on any atom is -0.489 e. The van der Waals surface area contributed by atoms with E-state index < -0.39 is 0 Å². The van der Waals surface area contributed by atoms with Gasteiger partial charge < -0.3 is 19.7 Å².